The molecule has 1 N–H and O–H groups in total. The highest BCUT2D eigenvalue weighted by Crippen LogP contribution is 2.35. The number of hydrogen-bond acceptors (Lipinski definition) is 5. The second-order valence-corrected chi connectivity index (χ2v) is 9.59. The minimum Gasteiger partial charge on any atom is -0.479 e. The van der Waals surface area contributed by atoms with Crippen LogP contribution in [0.5, 0.6) is 5.75 Å². The quantitative estimate of drug-likeness (QED) is 0.750. The molecule has 4 rings (SSSR count). The number of ether oxygens (including phenoxy) is 1. The molecule has 2 aromatic rings. The van der Waals surface area contributed by atoms with Crippen LogP contribution < -0.4 is 10.1 Å². The van der Waals surface area contributed by atoms with Crippen LogP contribution in [-0.2, 0) is 14.8 Å². The molecule has 2 aliphatic heterocycles. The Labute approximate surface area is 183 Å². The smallest absolute Gasteiger partial charge is 0.265 e. The zero-order valence-electron chi connectivity index (χ0n) is 17.4. The molecule has 11 heteroatoms. The van der Waals surface area contributed by atoms with Crippen molar-refractivity contribution < 1.29 is 31.5 Å². The van der Waals surface area contributed by atoms with Crippen LogP contribution in [0.15, 0.2) is 35.2 Å². The fraction of sp³-hybridized carbons (Fsp3) is 0.333. The molecule has 1 fully saturated rings. The molecule has 1 atom stereocenters. The van der Waals surface area contributed by atoms with E-state index in [0.717, 1.165) is 12.1 Å². The molecule has 32 heavy (non-hydrogen) atoms. The van der Waals surface area contributed by atoms with Crippen LogP contribution in [0.3, 0.4) is 0 Å². The first-order chi connectivity index (χ1) is 15.1. The highest BCUT2D eigenvalue weighted by atomic mass is 32.2. The van der Waals surface area contributed by atoms with Crippen LogP contribution >= 0.6 is 0 Å². The zero-order valence-corrected chi connectivity index (χ0v) is 18.2. The summed E-state index contributed by atoms with van der Waals surface area (Å²) < 4.78 is 59.9. The Balaban J connectivity index is 1.51. The molecule has 170 valence electrons. The van der Waals surface area contributed by atoms with Gasteiger partial charge in [0.15, 0.2) is 17.7 Å². The van der Waals surface area contributed by atoms with Gasteiger partial charge in [0.05, 0.1) is 10.6 Å². The zero-order chi connectivity index (χ0) is 23.2. The number of sulfonamides is 1. The number of fused-ring (bicyclic) bond motifs is 1. The third-order valence-electron chi connectivity index (χ3n) is 5.52. The number of aryl methyl sites for hydroxylation is 1. The molecule has 2 amide bonds. The number of nitrogens with one attached hydrogen (secondary N) is 1. The number of halogens is 2. The fourth-order valence-electron chi connectivity index (χ4n) is 3.70. The van der Waals surface area contributed by atoms with Crippen LogP contribution in [0.1, 0.15) is 22.8 Å². The van der Waals surface area contributed by atoms with Gasteiger partial charge in [-0.3, -0.25) is 9.59 Å². The van der Waals surface area contributed by atoms with Crippen LogP contribution in [0.2, 0.25) is 0 Å². The van der Waals surface area contributed by atoms with Crippen molar-refractivity contribution >= 4 is 27.5 Å². The summed E-state index contributed by atoms with van der Waals surface area (Å²) in [5.41, 5.74) is 0.855. The van der Waals surface area contributed by atoms with Crippen LogP contribution in [0.4, 0.5) is 14.5 Å². The summed E-state index contributed by atoms with van der Waals surface area (Å²) in [6.07, 6.45) is -0.744. The van der Waals surface area contributed by atoms with Gasteiger partial charge < -0.3 is 15.0 Å². The van der Waals surface area contributed by atoms with Crippen molar-refractivity contribution in [1.29, 1.82) is 0 Å². The van der Waals surface area contributed by atoms with Gasteiger partial charge in [0, 0.05) is 37.8 Å². The van der Waals surface area contributed by atoms with Crippen molar-refractivity contribution in [3.8, 4) is 5.75 Å². The minimum absolute atomic E-state index is 0.000875. The number of rotatable bonds is 3. The number of carbonyl (C=O) groups is 2. The Morgan fingerprint density at radius 1 is 1.09 bits per heavy atom. The first kappa shape index (κ1) is 22.2. The van der Waals surface area contributed by atoms with Crippen LogP contribution in [-0.4, -0.2) is 61.7 Å². The van der Waals surface area contributed by atoms with E-state index in [0.29, 0.717) is 11.3 Å². The van der Waals surface area contributed by atoms with Crippen LogP contribution in [0, 0.1) is 18.6 Å². The van der Waals surface area contributed by atoms with Gasteiger partial charge in [-0.25, -0.2) is 17.2 Å². The molecule has 0 spiro atoms. The average Bonchev–Trinajstić information content (AvgIpc) is 2.76. The van der Waals surface area contributed by atoms with E-state index in [1.165, 1.54) is 21.3 Å². The molecule has 0 aliphatic carbocycles. The van der Waals surface area contributed by atoms with Crippen molar-refractivity contribution in [1.82, 2.24) is 9.21 Å². The van der Waals surface area contributed by atoms with E-state index < -0.39 is 33.7 Å². The third-order valence-corrected chi connectivity index (χ3v) is 7.56. The van der Waals surface area contributed by atoms with Crippen molar-refractivity contribution in [2.24, 2.45) is 0 Å². The predicted octanol–water partition coefficient (Wildman–Crippen LogP) is 2.14. The summed E-state index contributed by atoms with van der Waals surface area (Å²) in [5, 5.41) is 2.68. The van der Waals surface area contributed by atoms with Crippen LogP contribution in [0.25, 0.3) is 0 Å². The molecule has 0 bridgehead atoms. The summed E-state index contributed by atoms with van der Waals surface area (Å²) in [6.45, 7) is 3.48. The fourth-order valence-corrected chi connectivity index (χ4v) is 5.35. The summed E-state index contributed by atoms with van der Waals surface area (Å²) >= 11 is 0. The van der Waals surface area contributed by atoms with Gasteiger partial charge in [0.2, 0.25) is 10.0 Å². The Morgan fingerprint density at radius 2 is 1.78 bits per heavy atom. The highest BCUT2D eigenvalue weighted by molar-refractivity contribution is 7.89. The number of amides is 2. The topological polar surface area (TPSA) is 96.0 Å². The number of carbonyl (C=O) groups excluding carboxylic acids is 2. The highest BCUT2D eigenvalue weighted by Gasteiger charge is 2.33. The van der Waals surface area contributed by atoms with E-state index in [2.05, 4.69) is 5.32 Å². The number of hydrogen-bond donors (Lipinski definition) is 1. The van der Waals surface area contributed by atoms with Gasteiger partial charge in [0.1, 0.15) is 5.75 Å². The van der Waals surface area contributed by atoms with E-state index in [9.17, 15) is 26.8 Å². The summed E-state index contributed by atoms with van der Waals surface area (Å²) in [6, 6.07) is 5.86. The van der Waals surface area contributed by atoms with Crippen molar-refractivity contribution in [2.75, 3.05) is 31.5 Å². The monoisotopic (exact) mass is 465 g/mol. The largest absolute Gasteiger partial charge is 0.479 e. The van der Waals surface area contributed by atoms with Gasteiger partial charge >= 0.3 is 0 Å². The van der Waals surface area contributed by atoms with Gasteiger partial charge in [-0.2, -0.15) is 4.31 Å². The van der Waals surface area contributed by atoms with E-state index in [-0.39, 0.29) is 48.3 Å². The maximum Gasteiger partial charge on any atom is 0.265 e. The number of anilines is 1. The predicted molar refractivity (Wildman–Crippen MR) is 111 cm³/mol. The normalized spacial score (nSPS) is 19.2. The summed E-state index contributed by atoms with van der Waals surface area (Å²) in [4.78, 5) is 25.8. The minimum atomic E-state index is -3.89. The lowest BCUT2D eigenvalue weighted by molar-refractivity contribution is -0.122. The lowest BCUT2D eigenvalue weighted by Crippen LogP contribution is -2.50. The SMILES string of the molecule is Cc1cc2c(cc1S(=O)(=O)N1CCN(C(=O)c3ccc(F)c(F)c3)CC1)O[C@H](C)C(=O)N2. The van der Waals surface area contributed by atoms with Crippen molar-refractivity contribution in [3.63, 3.8) is 0 Å². The molecule has 0 aromatic heterocycles. The van der Waals surface area contributed by atoms with Gasteiger partial charge in [-0.15, -0.1) is 0 Å². The van der Waals surface area contributed by atoms with Gasteiger partial charge in [-0.1, -0.05) is 0 Å². The van der Waals surface area contributed by atoms with Gasteiger partial charge in [0.25, 0.3) is 11.8 Å². The number of piperazine rings is 1. The Hall–Kier alpha value is -3.05. The molecule has 8 nitrogen and oxygen atoms in total. The number of nitrogens with zero attached hydrogens (tertiary/aromatic N) is 2. The molecular weight excluding hydrogens is 444 g/mol. The Bertz CT molecular complexity index is 1210. The molecule has 2 aliphatic rings. The molecule has 0 saturated carbocycles. The first-order valence-electron chi connectivity index (χ1n) is 9.94. The maximum atomic E-state index is 13.4. The molecule has 2 heterocycles. The maximum absolute atomic E-state index is 13.4. The number of benzene rings is 2. The summed E-state index contributed by atoms with van der Waals surface area (Å²) in [5.74, 6) is -2.70. The summed E-state index contributed by atoms with van der Waals surface area (Å²) in [7, 11) is -3.89. The standard InChI is InChI=1S/C21H21F2N3O5S/c1-12-9-17-18(31-13(2)20(27)24-17)11-19(12)32(29,30)26-7-5-25(6-8-26)21(28)14-3-4-15(22)16(23)10-14/h3-4,9-11,13H,5-8H2,1-2H3,(H,24,27)/t13-/m1/s1. The molecular formula is C21H21F2N3O5S. The molecule has 0 radical (unpaired) electrons. The second-order valence-electron chi connectivity index (χ2n) is 7.69. The van der Waals surface area contributed by atoms with Gasteiger partial charge in [-0.05, 0) is 43.7 Å². The van der Waals surface area contributed by atoms with Crippen molar-refractivity contribution in [3.05, 3.63) is 53.1 Å². The van der Waals surface area contributed by atoms with E-state index in [1.807, 2.05) is 0 Å². The van der Waals surface area contributed by atoms with E-state index in [4.69, 9.17) is 4.74 Å². The second kappa shape index (κ2) is 8.14. The molecule has 0 unspecified atom stereocenters. The average molecular weight is 465 g/mol. The Morgan fingerprint density at radius 3 is 2.44 bits per heavy atom. The molecule has 2 aromatic carbocycles. The Kier molecular flexibility index (Phi) is 5.63. The van der Waals surface area contributed by atoms with E-state index in [1.54, 1.807) is 19.9 Å². The molecule has 1 saturated heterocycles. The lowest BCUT2D eigenvalue weighted by Gasteiger charge is -2.34. The lowest BCUT2D eigenvalue weighted by atomic mass is 10.1. The first-order valence-corrected chi connectivity index (χ1v) is 11.4. The van der Waals surface area contributed by atoms with Crippen molar-refractivity contribution in [2.45, 2.75) is 24.8 Å². The third kappa shape index (κ3) is 3.93. The van der Waals surface area contributed by atoms with E-state index >= 15 is 0 Å².